The number of aromatic nitrogens is 2. The second-order valence-electron chi connectivity index (χ2n) is 5.96. The maximum atomic E-state index is 12.9. The lowest BCUT2D eigenvalue weighted by Gasteiger charge is -2.21. The first-order valence-electron chi connectivity index (χ1n) is 8.61. The molecule has 134 valence electrons. The number of benzene rings is 1. The molecule has 0 radical (unpaired) electrons. The van der Waals surface area contributed by atoms with Crippen molar-refractivity contribution in [2.24, 2.45) is 0 Å². The van der Waals surface area contributed by atoms with E-state index < -0.39 is 0 Å². The average molecular weight is 350 g/mol. The first-order chi connectivity index (χ1) is 12.7. The van der Waals surface area contributed by atoms with Crippen molar-refractivity contribution < 1.29 is 9.21 Å². The lowest BCUT2D eigenvalue weighted by molar-refractivity contribution is 0.0746. The molecule has 6 heteroatoms. The number of hydrogen-bond donors (Lipinski definition) is 1. The molecule has 0 fully saturated rings. The van der Waals surface area contributed by atoms with Crippen molar-refractivity contribution in [1.29, 1.82) is 0 Å². The highest BCUT2D eigenvalue weighted by atomic mass is 16.3. The molecule has 2 aromatic heterocycles. The van der Waals surface area contributed by atoms with Crippen molar-refractivity contribution in [2.45, 2.75) is 26.9 Å². The molecule has 0 saturated heterocycles. The van der Waals surface area contributed by atoms with Gasteiger partial charge in [0.1, 0.15) is 11.5 Å². The third kappa shape index (κ3) is 4.47. The summed E-state index contributed by atoms with van der Waals surface area (Å²) >= 11 is 0. The van der Waals surface area contributed by atoms with Gasteiger partial charge in [-0.1, -0.05) is 30.3 Å². The van der Waals surface area contributed by atoms with E-state index in [1.165, 1.54) is 0 Å². The summed E-state index contributed by atoms with van der Waals surface area (Å²) in [6, 6.07) is 15.3. The predicted molar refractivity (Wildman–Crippen MR) is 99.7 cm³/mol. The van der Waals surface area contributed by atoms with Gasteiger partial charge in [0.05, 0.1) is 12.8 Å². The van der Waals surface area contributed by atoms with Crippen LogP contribution in [-0.4, -0.2) is 27.3 Å². The molecule has 1 amide bonds. The minimum absolute atomic E-state index is 0.108. The Balaban J connectivity index is 1.74. The third-order valence-electron chi connectivity index (χ3n) is 3.96. The molecular weight excluding hydrogens is 328 g/mol. The summed E-state index contributed by atoms with van der Waals surface area (Å²) in [5.41, 5.74) is 2.21. The Bertz CT molecular complexity index is 848. The van der Waals surface area contributed by atoms with E-state index >= 15 is 0 Å². The number of nitrogens with one attached hydrogen (secondary N) is 1. The molecule has 1 aromatic carbocycles. The van der Waals surface area contributed by atoms with Crippen LogP contribution in [0.15, 0.2) is 59.2 Å². The summed E-state index contributed by atoms with van der Waals surface area (Å²) < 4.78 is 5.29. The molecule has 1 N–H and O–H groups in total. The van der Waals surface area contributed by atoms with Crippen LogP contribution in [0.5, 0.6) is 0 Å². The minimum atomic E-state index is -0.108. The molecule has 0 aliphatic rings. The minimum Gasteiger partial charge on any atom is -0.467 e. The van der Waals surface area contributed by atoms with E-state index in [2.05, 4.69) is 15.3 Å². The van der Waals surface area contributed by atoms with Crippen molar-refractivity contribution in [3.8, 4) is 0 Å². The van der Waals surface area contributed by atoms with Crippen LogP contribution in [0.25, 0.3) is 0 Å². The van der Waals surface area contributed by atoms with E-state index in [9.17, 15) is 4.79 Å². The van der Waals surface area contributed by atoms with Gasteiger partial charge in [-0.3, -0.25) is 4.79 Å². The molecule has 0 atom stereocenters. The molecule has 0 unspecified atom stereocenters. The number of amides is 1. The van der Waals surface area contributed by atoms with Gasteiger partial charge in [-0.25, -0.2) is 9.97 Å². The van der Waals surface area contributed by atoms with E-state index in [0.29, 0.717) is 31.3 Å². The SMILES string of the molecule is CCN(Cc1ccccc1)C(=O)c1cc(C)nc(NCc2ccco2)n1. The number of carbonyl (C=O) groups excluding carboxylic acids is 1. The highest BCUT2D eigenvalue weighted by Crippen LogP contribution is 2.12. The van der Waals surface area contributed by atoms with E-state index in [1.807, 2.05) is 56.3 Å². The van der Waals surface area contributed by atoms with Crippen LogP contribution in [0.4, 0.5) is 5.95 Å². The zero-order valence-electron chi connectivity index (χ0n) is 15.0. The molecule has 0 aliphatic carbocycles. The summed E-state index contributed by atoms with van der Waals surface area (Å²) in [5.74, 6) is 1.09. The number of furan rings is 1. The first kappa shape index (κ1) is 17.7. The van der Waals surface area contributed by atoms with Gasteiger partial charge >= 0.3 is 0 Å². The molecule has 6 nitrogen and oxygen atoms in total. The summed E-state index contributed by atoms with van der Waals surface area (Å²) in [4.78, 5) is 23.4. The second-order valence-corrected chi connectivity index (χ2v) is 5.96. The van der Waals surface area contributed by atoms with Crippen molar-refractivity contribution in [3.63, 3.8) is 0 Å². The highest BCUT2D eigenvalue weighted by Gasteiger charge is 2.17. The van der Waals surface area contributed by atoms with E-state index in [0.717, 1.165) is 17.0 Å². The van der Waals surface area contributed by atoms with Gasteiger partial charge < -0.3 is 14.6 Å². The molecule has 0 saturated carbocycles. The van der Waals surface area contributed by atoms with Crippen LogP contribution in [0.3, 0.4) is 0 Å². The van der Waals surface area contributed by atoms with Crippen LogP contribution in [0.2, 0.25) is 0 Å². The maximum absolute atomic E-state index is 12.9. The number of rotatable bonds is 7. The van der Waals surface area contributed by atoms with Crippen LogP contribution in [0, 0.1) is 6.92 Å². The van der Waals surface area contributed by atoms with Crippen LogP contribution >= 0.6 is 0 Å². The third-order valence-corrected chi connectivity index (χ3v) is 3.96. The molecule has 3 aromatic rings. The van der Waals surface area contributed by atoms with Gasteiger partial charge in [0.25, 0.3) is 5.91 Å². The van der Waals surface area contributed by atoms with Gasteiger partial charge in [0, 0.05) is 18.8 Å². The number of aryl methyl sites for hydroxylation is 1. The number of hydrogen-bond acceptors (Lipinski definition) is 5. The topological polar surface area (TPSA) is 71.3 Å². The van der Waals surface area contributed by atoms with Crippen molar-refractivity contribution in [2.75, 3.05) is 11.9 Å². The van der Waals surface area contributed by atoms with Gasteiger partial charge in [-0.05, 0) is 37.6 Å². The molecule has 26 heavy (non-hydrogen) atoms. The predicted octanol–water partition coefficient (Wildman–Crippen LogP) is 3.65. The summed E-state index contributed by atoms with van der Waals surface area (Å²) in [6.45, 7) is 5.43. The molecule has 2 heterocycles. The van der Waals surface area contributed by atoms with Crippen LogP contribution in [0.1, 0.15) is 34.4 Å². The summed E-state index contributed by atoms with van der Waals surface area (Å²) in [6.07, 6.45) is 1.62. The van der Waals surface area contributed by atoms with Crippen LogP contribution < -0.4 is 5.32 Å². The van der Waals surface area contributed by atoms with Gasteiger partial charge in [0.15, 0.2) is 0 Å². The fourth-order valence-electron chi connectivity index (χ4n) is 2.63. The Morgan fingerprint density at radius 3 is 2.65 bits per heavy atom. The molecule has 3 rings (SSSR count). The first-order valence-corrected chi connectivity index (χ1v) is 8.61. The Morgan fingerprint density at radius 1 is 1.15 bits per heavy atom. The monoisotopic (exact) mass is 350 g/mol. The Labute approximate surface area is 152 Å². The fraction of sp³-hybridized carbons (Fsp3) is 0.250. The van der Waals surface area contributed by atoms with E-state index in [1.54, 1.807) is 17.2 Å². The molecular formula is C20H22N4O2. The van der Waals surface area contributed by atoms with E-state index in [4.69, 9.17) is 4.42 Å². The van der Waals surface area contributed by atoms with Crippen molar-refractivity contribution in [1.82, 2.24) is 14.9 Å². The summed E-state index contributed by atoms with van der Waals surface area (Å²) in [5, 5.41) is 3.10. The molecule has 0 bridgehead atoms. The number of nitrogens with zero attached hydrogens (tertiary/aromatic N) is 3. The maximum Gasteiger partial charge on any atom is 0.272 e. The fourth-order valence-corrected chi connectivity index (χ4v) is 2.63. The summed E-state index contributed by atoms with van der Waals surface area (Å²) in [7, 11) is 0. The Kier molecular flexibility index (Phi) is 5.63. The lowest BCUT2D eigenvalue weighted by Crippen LogP contribution is -2.31. The van der Waals surface area contributed by atoms with Gasteiger partial charge in [-0.2, -0.15) is 0 Å². The largest absolute Gasteiger partial charge is 0.467 e. The Hall–Kier alpha value is -3.15. The van der Waals surface area contributed by atoms with Gasteiger partial charge in [-0.15, -0.1) is 0 Å². The normalized spacial score (nSPS) is 10.5. The van der Waals surface area contributed by atoms with Crippen LogP contribution in [-0.2, 0) is 13.1 Å². The second kappa shape index (κ2) is 8.29. The van der Waals surface area contributed by atoms with Gasteiger partial charge in [0.2, 0.25) is 5.95 Å². The van der Waals surface area contributed by atoms with Crippen molar-refractivity contribution in [3.05, 3.63) is 77.5 Å². The highest BCUT2D eigenvalue weighted by molar-refractivity contribution is 5.92. The lowest BCUT2D eigenvalue weighted by atomic mass is 10.2. The number of carbonyl (C=O) groups is 1. The van der Waals surface area contributed by atoms with E-state index in [-0.39, 0.29) is 5.91 Å². The standard InChI is InChI=1S/C20H22N4O2/c1-3-24(14-16-8-5-4-6-9-16)19(25)18-12-15(2)22-20(23-18)21-13-17-10-7-11-26-17/h4-12H,3,13-14H2,1-2H3,(H,21,22,23). The molecule has 0 aliphatic heterocycles. The quantitative estimate of drug-likeness (QED) is 0.704. The van der Waals surface area contributed by atoms with Crippen molar-refractivity contribution >= 4 is 11.9 Å². The zero-order valence-corrected chi connectivity index (χ0v) is 15.0. The zero-order chi connectivity index (χ0) is 18.4. The number of anilines is 1. The molecule has 0 spiro atoms. The smallest absolute Gasteiger partial charge is 0.272 e. The average Bonchev–Trinajstić information content (AvgIpc) is 3.18. The Morgan fingerprint density at radius 2 is 1.96 bits per heavy atom.